The Labute approximate surface area is 119 Å². The molecule has 0 amide bonds. The maximum absolute atomic E-state index is 12.0. The molecule has 0 aliphatic rings. The lowest BCUT2D eigenvalue weighted by molar-refractivity contribution is 0.420. The molecule has 0 fully saturated rings. The maximum Gasteiger partial charge on any atom is 0.240 e. The number of nitrogens with one attached hydrogen (secondary N) is 1. The molecule has 1 aromatic carbocycles. The standard InChI is InChI=1S/C11H15Br2NO2S/c1-11(2,7-12)8-14-17(15,16)10-5-3-4-9(13)6-10/h3-6,14H,7-8H2,1-2H3. The van der Waals surface area contributed by atoms with Gasteiger partial charge in [-0.2, -0.15) is 0 Å². The van der Waals surface area contributed by atoms with Crippen molar-refractivity contribution >= 4 is 41.9 Å². The summed E-state index contributed by atoms with van der Waals surface area (Å²) in [7, 11) is -3.43. The van der Waals surface area contributed by atoms with Crippen LogP contribution in [0.2, 0.25) is 0 Å². The van der Waals surface area contributed by atoms with Crippen LogP contribution in [0, 0.1) is 5.41 Å². The summed E-state index contributed by atoms with van der Waals surface area (Å²) >= 11 is 6.62. The smallest absolute Gasteiger partial charge is 0.211 e. The SMILES string of the molecule is CC(C)(CBr)CNS(=O)(=O)c1cccc(Br)c1. The van der Waals surface area contributed by atoms with Gasteiger partial charge in [0.05, 0.1) is 4.90 Å². The second-order valence-corrected chi connectivity index (χ2v) is 7.82. The minimum Gasteiger partial charge on any atom is -0.211 e. The lowest BCUT2D eigenvalue weighted by atomic mass is 9.98. The fourth-order valence-electron chi connectivity index (χ4n) is 1.06. The van der Waals surface area contributed by atoms with Gasteiger partial charge >= 0.3 is 0 Å². The van der Waals surface area contributed by atoms with Crippen LogP contribution in [-0.4, -0.2) is 20.3 Å². The Balaban J connectivity index is 2.83. The molecule has 96 valence electrons. The van der Waals surface area contributed by atoms with Crippen LogP contribution < -0.4 is 4.72 Å². The van der Waals surface area contributed by atoms with Crippen LogP contribution in [0.25, 0.3) is 0 Å². The lowest BCUT2D eigenvalue weighted by Crippen LogP contribution is -2.34. The highest BCUT2D eigenvalue weighted by Gasteiger charge is 2.21. The lowest BCUT2D eigenvalue weighted by Gasteiger charge is -2.21. The van der Waals surface area contributed by atoms with E-state index in [2.05, 4.69) is 36.6 Å². The Morgan fingerprint density at radius 3 is 2.53 bits per heavy atom. The Morgan fingerprint density at radius 1 is 1.35 bits per heavy atom. The molecule has 0 bridgehead atoms. The van der Waals surface area contributed by atoms with Crippen molar-refractivity contribution in [3.63, 3.8) is 0 Å². The second kappa shape index (κ2) is 5.82. The normalized spacial score (nSPS) is 12.7. The van der Waals surface area contributed by atoms with Crippen LogP contribution in [0.4, 0.5) is 0 Å². The first-order valence-electron chi connectivity index (χ1n) is 5.08. The van der Waals surface area contributed by atoms with Crippen LogP contribution in [0.15, 0.2) is 33.6 Å². The third kappa shape index (κ3) is 4.69. The van der Waals surface area contributed by atoms with Gasteiger partial charge in [-0.3, -0.25) is 0 Å². The zero-order valence-electron chi connectivity index (χ0n) is 9.70. The Morgan fingerprint density at radius 2 is 2.00 bits per heavy atom. The van der Waals surface area contributed by atoms with Gasteiger partial charge in [0, 0.05) is 16.3 Å². The van der Waals surface area contributed by atoms with Crippen molar-refractivity contribution in [2.75, 3.05) is 11.9 Å². The molecular weight excluding hydrogens is 370 g/mol. The first kappa shape index (κ1) is 15.1. The van der Waals surface area contributed by atoms with Gasteiger partial charge in [0.1, 0.15) is 0 Å². The van der Waals surface area contributed by atoms with E-state index in [0.717, 1.165) is 9.80 Å². The van der Waals surface area contributed by atoms with Gasteiger partial charge in [0.25, 0.3) is 0 Å². The molecular formula is C11H15Br2NO2S. The number of rotatable bonds is 5. The summed E-state index contributed by atoms with van der Waals surface area (Å²) in [6.07, 6.45) is 0. The van der Waals surface area contributed by atoms with Crippen LogP contribution in [0.5, 0.6) is 0 Å². The third-order valence-electron chi connectivity index (χ3n) is 2.21. The average molecular weight is 385 g/mol. The van der Waals surface area contributed by atoms with Crippen molar-refractivity contribution in [2.24, 2.45) is 5.41 Å². The zero-order valence-corrected chi connectivity index (χ0v) is 13.7. The minimum atomic E-state index is -3.43. The van der Waals surface area contributed by atoms with Crippen molar-refractivity contribution in [2.45, 2.75) is 18.7 Å². The second-order valence-electron chi connectivity index (χ2n) is 4.58. The van der Waals surface area contributed by atoms with E-state index in [1.165, 1.54) is 0 Å². The number of halogens is 2. The summed E-state index contributed by atoms with van der Waals surface area (Å²) in [6.45, 7) is 4.38. The fraction of sp³-hybridized carbons (Fsp3) is 0.455. The summed E-state index contributed by atoms with van der Waals surface area (Å²) in [6, 6.07) is 6.66. The van der Waals surface area contributed by atoms with Gasteiger partial charge in [-0.05, 0) is 23.6 Å². The number of hydrogen-bond acceptors (Lipinski definition) is 2. The first-order chi connectivity index (χ1) is 7.77. The predicted molar refractivity (Wildman–Crippen MR) is 76.9 cm³/mol. The Kier molecular flexibility index (Phi) is 5.19. The summed E-state index contributed by atoms with van der Waals surface area (Å²) in [5.74, 6) is 0. The molecule has 0 atom stereocenters. The largest absolute Gasteiger partial charge is 0.240 e. The highest BCUT2D eigenvalue weighted by atomic mass is 79.9. The van der Waals surface area contributed by atoms with Gasteiger partial charge in [-0.25, -0.2) is 13.1 Å². The maximum atomic E-state index is 12.0. The molecule has 0 heterocycles. The third-order valence-corrected chi connectivity index (χ3v) is 5.62. The van der Waals surface area contributed by atoms with E-state index in [4.69, 9.17) is 0 Å². The van der Waals surface area contributed by atoms with Crippen molar-refractivity contribution in [1.29, 1.82) is 0 Å². The van der Waals surface area contributed by atoms with Gasteiger partial charge in [0.2, 0.25) is 10.0 Å². The molecule has 0 spiro atoms. The van der Waals surface area contributed by atoms with Crippen molar-refractivity contribution in [3.05, 3.63) is 28.7 Å². The summed E-state index contributed by atoms with van der Waals surface area (Å²) < 4.78 is 27.4. The zero-order chi connectivity index (χ0) is 13.1. The van der Waals surface area contributed by atoms with E-state index in [-0.39, 0.29) is 10.3 Å². The van der Waals surface area contributed by atoms with Crippen LogP contribution in [0.1, 0.15) is 13.8 Å². The summed E-state index contributed by atoms with van der Waals surface area (Å²) in [5, 5.41) is 0.737. The number of sulfonamides is 1. The molecule has 0 saturated carbocycles. The monoisotopic (exact) mass is 383 g/mol. The Bertz CT molecular complexity index is 486. The van der Waals surface area contributed by atoms with E-state index in [9.17, 15) is 8.42 Å². The molecule has 0 aliphatic carbocycles. The number of hydrogen-bond donors (Lipinski definition) is 1. The number of alkyl halides is 1. The Hall–Kier alpha value is 0.0900. The average Bonchev–Trinajstić information content (AvgIpc) is 2.27. The molecule has 0 aromatic heterocycles. The van der Waals surface area contributed by atoms with Crippen LogP contribution >= 0.6 is 31.9 Å². The van der Waals surface area contributed by atoms with Crippen LogP contribution in [0.3, 0.4) is 0 Å². The minimum absolute atomic E-state index is 0.112. The van der Waals surface area contributed by atoms with Gasteiger partial charge in [-0.15, -0.1) is 0 Å². The van der Waals surface area contributed by atoms with Crippen molar-refractivity contribution < 1.29 is 8.42 Å². The molecule has 0 unspecified atom stereocenters. The van der Waals surface area contributed by atoms with E-state index in [1.807, 2.05) is 13.8 Å². The molecule has 1 N–H and O–H groups in total. The summed E-state index contributed by atoms with van der Waals surface area (Å²) in [5.41, 5.74) is -0.112. The highest BCUT2D eigenvalue weighted by Crippen LogP contribution is 2.19. The topological polar surface area (TPSA) is 46.2 Å². The van der Waals surface area contributed by atoms with E-state index in [1.54, 1.807) is 24.3 Å². The highest BCUT2D eigenvalue weighted by molar-refractivity contribution is 9.10. The molecule has 0 aliphatic heterocycles. The molecule has 3 nitrogen and oxygen atoms in total. The van der Waals surface area contributed by atoms with E-state index >= 15 is 0 Å². The van der Waals surface area contributed by atoms with Gasteiger partial charge in [0.15, 0.2) is 0 Å². The fourth-order valence-corrected chi connectivity index (χ4v) is 3.09. The van der Waals surface area contributed by atoms with Crippen LogP contribution in [-0.2, 0) is 10.0 Å². The van der Waals surface area contributed by atoms with E-state index in [0.29, 0.717) is 6.54 Å². The number of benzene rings is 1. The van der Waals surface area contributed by atoms with Gasteiger partial charge < -0.3 is 0 Å². The predicted octanol–water partition coefficient (Wildman–Crippen LogP) is 3.15. The molecule has 1 aromatic rings. The van der Waals surface area contributed by atoms with Crippen molar-refractivity contribution in [3.8, 4) is 0 Å². The van der Waals surface area contributed by atoms with Gasteiger partial charge in [-0.1, -0.05) is 51.8 Å². The van der Waals surface area contributed by atoms with Crippen molar-refractivity contribution in [1.82, 2.24) is 4.72 Å². The summed E-state index contributed by atoms with van der Waals surface area (Å²) in [4.78, 5) is 0.275. The molecule has 6 heteroatoms. The molecule has 17 heavy (non-hydrogen) atoms. The molecule has 0 saturated heterocycles. The molecule has 0 radical (unpaired) electrons. The molecule has 1 rings (SSSR count). The first-order valence-corrected chi connectivity index (χ1v) is 8.48. The van der Waals surface area contributed by atoms with E-state index < -0.39 is 10.0 Å². The quantitative estimate of drug-likeness (QED) is 0.792.